The summed E-state index contributed by atoms with van der Waals surface area (Å²) in [5.41, 5.74) is -0.629. The van der Waals surface area contributed by atoms with Crippen LogP contribution in [0.25, 0.3) is 0 Å². The summed E-state index contributed by atoms with van der Waals surface area (Å²) in [4.78, 5) is 42.8. The van der Waals surface area contributed by atoms with Gasteiger partial charge in [0.05, 0.1) is 13.7 Å². The van der Waals surface area contributed by atoms with E-state index in [4.69, 9.17) is 9.47 Å². The van der Waals surface area contributed by atoms with Crippen LogP contribution in [-0.2, 0) is 20.8 Å². The van der Waals surface area contributed by atoms with E-state index in [1.165, 1.54) is 24.4 Å². The summed E-state index contributed by atoms with van der Waals surface area (Å²) in [6.07, 6.45) is 1.70. The van der Waals surface area contributed by atoms with E-state index in [1.54, 1.807) is 51.1 Å². The summed E-state index contributed by atoms with van der Waals surface area (Å²) in [5, 5.41) is 3.93. The third-order valence-electron chi connectivity index (χ3n) is 3.44. The minimum atomic E-state index is -1.28. The first kappa shape index (κ1) is 20.1. The van der Waals surface area contributed by atoms with Gasteiger partial charge in [-0.3, -0.25) is 9.48 Å². The number of hydrogen-bond acceptors (Lipinski definition) is 7. The minimum Gasteiger partial charge on any atom is -0.467 e. The highest BCUT2D eigenvalue weighted by molar-refractivity contribution is 6.05. The van der Waals surface area contributed by atoms with Crippen LogP contribution in [-0.4, -0.2) is 56.4 Å². The predicted octanol–water partition coefficient (Wildman–Crippen LogP) is 1.90. The zero-order valence-electron chi connectivity index (χ0n) is 15.7. The number of aromatic nitrogens is 3. The van der Waals surface area contributed by atoms with Crippen LogP contribution in [0.2, 0.25) is 0 Å². The van der Waals surface area contributed by atoms with Gasteiger partial charge in [0.25, 0.3) is 5.91 Å². The van der Waals surface area contributed by atoms with E-state index in [2.05, 4.69) is 10.1 Å². The number of rotatable bonds is 5. The van der Waals surface area contributed by atoms with E-state index >= 15 is 0 Å². The third kappa shape index (κ3) is 5.37. The summed E-state index contributed by atoms with van der Waals surface area (Å²) in [5.74, 6) is -1.46. The quantitative estimate of drug-likeness (QED) is 0.736. The van der Waals surface area contributed by atoms with Gasteiger partial charge in [0.2, 0.25) is 0 Å². The van der Waals surface area contributed by atoms with Gasteiger partial charge >= 0.3 is 12.1 Å². The summed E-state index contributed by atoms with van der Waals surface area (Å²) in [7, 11) is 1.18. The maximum absolute atomic E-state index is 13.0. The topological polar surface area (TPSA) is 104 Å². The second-order valence-corrected chi connectivity index (χ2v) is 6.68. The van der Waals surface area contributed by atoms with Crippen molar-refractivity contribution in [3.05, 3.63) is 48.5 Å². The number of nitrogens with zero attached hydrogens (tertiary/aromatic N) is 4. The molecule has 0 saturated heterocycles. The Balaban J connectivity index is 2.44. The maximum Gasteiger partial charge on any atom is 0.418 e. The Bertz CT molecular complexity index is 784. The van der Waals surface area contributed by atoms with Crippen molar-refractivity contribution in [2.45, 2.75) is 39.0 Å². The summed E-state index contributed by atoms with van der Waals surface area (Å²) in [6, 6.07) is 6.87. The van der Waals surface area contributed by atoms with E-state index in [0.29, 0.717) is 0 Å². The molecule has 1 atom stereocenters. The molecule has 1 aromatic carbocycles. The van der Waals surface area contributed by atoms with Crippen molar-refractivity contribution in [2.24, 2.45) is 0 Å². The molecule has 1 aromatic heterocycles. The molecule has 0 bridgehead atoms. The monoisotopic (exact) mass is 374 g/mol. The molecule has 0 radical (unpaired) electrons. The van der Waals surface area contributed by atoms with Gasteiger partial charge in [0.15, 0.2) is 6.04 Å². The largest absolute Gasteiger partial charge is 0.467 e. The number of hydrogen-bond donors (Lipinski definition) is 0. The van der Waals surface area contributed by atoms with Crippen molar-refractivity contribution in [3.8, 4) is 0 Å². The van der Waals surface area contributed by atoms with Crippen molar-refractivity contribution in [2.75, 3.05) is 7.11 Å². The number of imide groups is 1. The molecule has 0 fully saturated rings. The number of amides is 2. The number of carbonyl (C=O) groups is 3. The van der Waals surface area contributed by atoms with Crippen LogP contribution in [0.4, 0.5) is 4.79 Å². The fourth-order valence-corrected chi connectivity index (χ4v) is 2.28. The first-order valence-corrected chi connectivity index (χ1v) is 8.25. The molecule has 1 unspecified atom stereocenters. The highest BCUT2D eigenvalue weighted by Crippen LogP contribution is 2.17. The molecule has 2 rings (SSSR count). The molecule has 0 spiro atoms. The fourth-order valence-electron chi connectivity index (χ4n) is 2.28. The lowest BCUT2D eigenvalue weighted by Crippen LogP contribution is -2.52. The van der Waals surface area contributed by atoms with Gasteiger partial charge in [-0.2, -0.15) is 5.10 Å². The molecule has 9 nitrogen and oxygen atoms in total. The standard InChI is InChI=1S/C18H22N4O5/c1-18(2,3)27-17(25)22(15(23)13-8-6-5-7-9-13)14(16(24)26-4)10-21-12-19-11-20-21/h5-9,11-12,14H,10H2,1-4H3. The highest BCUT2D eigenvalue weighted by Gasteiger charge is 2.39. The first-order valence-electron chi connectivity index (χ1n) is 8.25. The second-order valence-electron chi connectivity index (χ2n) is 6.68. The van der Waals surface area contributed by atoms with Gasteiger partial charge < -0.3 is 9.47 Å². The molecule has 0 aliphatic carbocycles. The van der Waals surface area contributed by atoms with Gasteiger partial charge in [-0.15, -0.1) is 0 Å². The van der Waals surface area contributed by atoms with E-state index in [9.17, 15) is 14.4 Å². The molecule has 9 heteroatoms. The average Bonchev–Trinajstić information content (AvgIpc) is 3.12. The Morgan fingerprint density at radius 3 is 2.37 bits per heavy atom. The van der Waals surface area contributed by atoms with E-state index in [1.807, 2.05) is 0 Å². The van der Waals surface area contributed by atoms with Gasteiger partial charge in [-0.25, -0.2) is 19.5 Å². The zero-order valence-corrected chi connectivity index (χ0v) is 15.7. The van der Waals surface area contributed by atoms with Crippen molar-refractivity contribution in [3.63, 3.8) is 0 Å². The average molecular weight is 374 g/mol. The van der Waals surface area contributed by atoms with Crippen LogP contribution in [0.15, 0.2) is 43.0 Å². The highest BCUT2D eigenvalue weighted by atomic mass is 16.6. The molecule has 2 amide bonds. The molecular weight excluding hydrogens is 352 g/mol. The van der Waals surface area contributed by atoms with Crippen LogP contribution in [0, 0.1) is 0 Å². The smallest absolute Gasteiger partial charge is 0.418 e. The normalized spacial score (nSPS) is 12.1. The van der Waals surface area contributed by atoms with Gasteiger partial charge in [-0.1, -0.05) is 18.2 Å². The zero-order chi connectivity index (χ0) is 20.0. The summed E-state index contributed by atoms with van der Waals surface area (Å²) >= 11 is 0. The van der Waals surface area contributed by atoms with Crippen molar-refractivity contribution < 1.29 is 23.9 Å². The van der Waals surface area contributed by atoms with Crippen LogP contribution in [0.5, 0.6) is 0 Å². The second kappa shape index (κ2) is 8.43. The molecule has 0 N–H and O–H groups in total. The van der Waals surface area contributed by atoms with E-state index in [-0.39, 0.29) is 12.1 Å². The lowest BCUT2D eigenvalue weighted by Gasteiger charge is -2.30. The van der Waals surface area contributed by atoms with Crippen LogP contribution in [0.3, 0.4) is 0 Å². The number of esters is 1. The molecule has 0 aliphatic heterocycles. The number of carbonyl (C=O) groups excluding carboxylic acids is 3. The number of benzene rings is 1. The van der Waals surface area contributed by atoms with Gasteiger partial charge in [0.1, 0.15) is 18.3 Å². The Hall–Kier alpha value is -3.23. The Morgan fingerprint density at radius 2 is 1.85 bits per heavy atom. The lowest BCUT2D eigenvalue weighted by atomic mass is 10.1. The molecule has 144 valence electrons. The number of ether oxygens (including phenoxy) is 2. The van der Waals surface area contributed by atoms with E-state index in [0.717, 1.165) is 4.90 Å². The van der Waals surface area contributed by atoms with Crippen LogP contribution in [0.1, 0.15) is 31.1 Å². The molecular formula is C18H22N4O5. The van der Waals surface area contributed by atoms with Crippen molar-refractivity contribution in [1.82, 2.24) is 19.7 Å². The Kier molecular flexibility index (Phi) is 6.27. The van der Waals surface area contributed by atoms with Gasteiger partial charge in [0, 0.05) is 5.56 Å². The SMILES string of the molecule is COC(=O)C(Cn1cncn1)N(C(=O)OC(C)(C)C)C(=O)c1ccccc1. The number of methoxy groups -OCH3 is 1. The predicted molar refractivity (Wildman–Crippen MR) is 94.7 cm³/mol. The maximum atomic E-state index is 13.0. The molecule has 2 aromatic rings. The minimum absolute atomic E-state index is 0.121. The lowest BCUT2D eigenvalue weighted by molar-refractivity contribution is -0.146. The fraction of sp³-hybridized carbons (Fsp3) is 0.389. The van der Waals surface area contributed by atoms with Crippen LogP contribution >= 0.6 is 0 Å². The summed E-state index contributed by atoms with van der Waals surface area (Å²) < 4.78 is 11.5. The Morgan fingerprint density at radius 1 is 1.19 bits per heavy atom. The molecule has 27 heavy (non-hydrogen) atoms. The Labute approximate surface area is 156 Å². The summed E-state index contributed by atoms with van der Waals surface area (Å²) in [6.45, 7) is 4.88. The van der Waals surface area contributed by atoms with Gasteiger partial charge in [-0.05, 0) is 32.9 Å². The first-order chi connectivity index (χ1) is 12.7. The van der Waals surface area contributed by atoms with Crippen LogP contribution < -0.4 is 0 Å². The van der Waals surface area contributed by atoms with E-state index < -0.39 is 29.6 Å². The van der Waals surface area contributed by atoms with Crippen molar-refractivity contribution in [1.29, 1.82) is 0 Å². The van der Waals surface area contributed by atoms with Crippen molar-refractivity contribution >= 4 is 18.0 Å². The third-order valence-corrected chi connectivity index (χ3v) is 3.44. The molecule has 0 aliphatic rings. The molecule has 0 saturated carbocycles. The molecule has 1 heterocycles.